The topological polar surface area (TPSA) is 90.4 Å². The lowest BCUT2D eigenvalue weighted by Crippen LogP contribution is -2.32. The number of halogens is 1. The Hall–Kier alpha value is -2.38. The molecule has 1 aromatic heterocycles. The normalized spacial score (nSPS) is 22.9. The number of amides is 1. The molecule has 3 N–H and O–H groups in total. The summed E-state index contributed by atoms with van der Waals surface area (Å²) in [5.41, 5.74) is 2.58. The first-order chi connectivity index (χ1) is 16.9. The van der Waals surface area contributed by atoms with Gasteiger partial charge in [-0.15, -0.1) is 0 Å². The van der Waals surface area contributed by atoms with Crippen molar-refractivity contribution in [2.24, 2.45) is 17.3 Å². The van der Waals surface area contributed by atoms with Crippen LogP contribution < -0.4 is 15.5 Å². The zero-order chi connectivity index (χ0) is 24.4. The van der Waals surface area contributed by atoms with Gasteiger partial charge in [0.1, 0.15) is 11.4 Å². The molecule has 8 heteroatoms. The van der Waals surface area contributed by atoms with E-state index in [0.717, 1.165) is 24.6 Å². The number of nitrogens with one attached hydrogen (secondary N) is 2. The molecule has 35 heavy (non-hydrogen) atoms. The van der Waals surface area contributed by atoms with Gasteiger partial charge in [0.25, 0.3) is 5.91 Å². The van der Waals surface area contributed by atoms with E-state index in [9.17, 15) is 9.90 Å². The average Bonchev–Trinajstić information content (AvgIpc) is 3.50. The van der Waals surface area contributed by atoms with Crippen LogP contribution in [0.25, 0.3) is 0 Å². The summed E-state index contributed by atoms with van der Waals surface area (Å²) in [4.78, 5) is 24.8. The molecule has 2 aliphatic carbocycles. The Labute approximate surface area is 212 Å². The van der Waals surface area contributed by atoms with Crippen molar-refractivity contribution in [2.75, 3.05) is 29.9 Å². The molecule has 1 spiro atoms. The molecule has 1 saturated heterocycles. The highest BCUT2D eigenvalue weighted by molar-refractivity contribution is 6.31. The van der Waals surface area contributed by atoms with E-state index in [1.54, 1.807) is 6.20 Å². The van der Waals surface area contributed by atoms with Crippen molar-refractivity contribution in [1.29, 1.82) is 0 Å². The van der Waals surface area contributed by atoms with Gasteiger partial charge in [-0.3, -0.25) is 4.79 Å². The molecular formula is C27H36ClN5O2. The summed E-state index contributed by atoms with van der Waals surface area (Å²) in [5, 5.41) is 16.4. The fourth-order valence-electron chi connectivity index (χ4n) is 5.40. The third-order valence-electron chi connectivity index (χ3n) is 8.13. The van der Waals surface area contributed by atoms with Crippen LogP contribution in [0.15, 0.2) is 24.4 Å². The first kappa shape index (κ1) is 24.3. The van der Waals surface area contributed by atoms with Gasteiger partial charge in [-0.2, -0.15) is 4.98 Å². The lowest BCUT2D eigenvalue weighted by molar-refractivity contribution is 0.0942. The van der Waals surface area contributed by atoms with Crippen LogP contribution >= 0.6 is 11.6 Å². The van der Waals surface area contributed by atoms with Gasteiger partial charge in [0.15, 0.2) is 0 Å². The van der Waals surface area contributed by atoms with Crippen LogP contribution in [-0.4, -0.2) is 40.6 Å². The van der Waals surface area contributed by atoms with Gasteiger partial charge in [-0.25, -0.2) is 4.98 Å². The van der Waals surface area contributed by atoms with Crippen molar-refractivity contribution in [1.82, 2.24) is 15.3 Å². The predicted octanol–water partition coefficient (Wildman–Crippen LogP) is 4.78. The van der Waals surface area contributed by atoms with Crippen LogP contribution in [0.2, 0.25) is 5.02 Å². The number of benzene rings is 1. The molecule has 0 atom stereocenters. The van der Waals surface area contributed by atoms with Gasteiger partial charge >= 0.3 is 0 Å². The Kier molecular flexibility index (Phi) is 7.17. The Balaban J connectivity index is 1.31. The molecule has 0 bridgehead atoms. The van der Waals surface area contributed by atoms with Crippen molar-refractivity contribution >= 4 is 29.3 Å². The van der Waals surface area contributed by atoms with Gasteiger partial charge in [0.05, 0.1) is 6.61 Å². The third-order valence-corrected chi connectivity index (χ3v) is 8.49. The highest BCUT2D eigenvalue weighted by Gasteiger charge is 2.48. The van der Waals surface area contributed by atoms with Crippen LogP contribution in [0.3, 0.4) is 0 Å². The molecule has 1 aliphatic heterocycles. The highest BCUT2D eigenvalue weighted by Crippen LogP contribution is 2.53. The number of hydrogen-bond donors (Lipinski definition) is 3. The molecule has 1 amide bonds. The first-order valence-corrected chi connectivity index (χ1v) is 13.3. The van der Waals surface area contributed by atoms with E-state index in [2.05, 4.69) is 27.4 Å². The molecule has 1 aromatic carbocycles. The summed E-state index contributed by atoms with van der Waals surface area (Å²) < 4.78 is 0. The van der Waals surface area contributed by atoms with E-state index >= 15 is 0 Å². The molecule has 3 aliphatic rings. The van der Waals surface area contributed by atoms with Gasteiger partial charge in [-0.05, 0) is 66.5 Å². The molecule has 3 fully saturated rings. The number of aliphatic hydroxyl groups is 1. The van der Waals surface area contributed by atoms with E-state index in [-0.39, 0.29) is 12.5 Å². The lowest BCUT2D eigenvalue weighted by atomic mass is 9.83. The molecule has 2 saturated carbocycles. The quantitative estimate of drug-likeness (QED) is 0.486. The molecule has 7 nitrogen and oxygen atoms in total. The average molecular weight is 498 g/mol. The third kappa shape index (κ3) is 5.72. The summed E-state index contributed by atoms with van der Waals surface area (Å²) in [5.74, 6) is 2.43. The van der Waals surface area contributed by atoms with E-state index in [1.807, 2.05) is 18.2 Å². The summed E-state index contributed by atoms with van der Waals surface area (Å²) in [6, 6.07) is 5.58. The number of rotatable bonds is 8. The number of carbonyl (C=O) groups excluding carboxylic acids is 1. The van der Waals surface area contributed by atoms with Gasteiger partial charge < -0.3 is 20.6 Å². The molecular weight excluding hydrogens is 462 g/mol. The summed E-state index contributed by atoms with van der Waals surface area (Å²) >= 11 is 6.28. The van der Waals surface area contributed by atoms with Crippen molar-refractivity contribution in [2.45, 2.75) is 65.0 Å². The second kappa shape index (κ2) is 10.3. The van der Waals surface area contributed by atoms with Gasteiger partial charge in [0, 0.05) is 37.4 Å². The molecule has 0 radical (unpaired) electrons. The maximum Gasteiger partial charge on any atom is 0.256 e. The number of nitrogens with zero attached hydrogens (tertiary/aromatic N) is 3. The summed E-state index contributed by atoms with van der Waals surface area (Å²) in [7, 11) is 0. The minimum atomic E-state index is -0.133. The van der Waals surface area contributed by atoms with Crippen LogP contribution in [0.1, 0.15) is 73.4 Å². The first-order valence-electron chi connectivity index (χ1n) is 13.0. The minimum absolute atomic E-state index is 0.0939. The van der Waals surface area contributed by atoms with Crippen molar-refractivity contribution in [3.05, 3.63) is 46.1 Å². The molecule has 2 aromatic rings. The van der Waals surface area contributed by atoms with Crippen LogP contribution in [0, 0.1) is 17.3 Å². The standard InChI is InChI=1S/C27H36ClN5O2/c1-18-2-4-19(5-3-18)13-30-25(35)22-15-31-26(33-11-10-27(17-33)8-9-27)32-24(22)29-14-20-6-7-21(16-34)23(28)12-20/h6-7,12,15,18-19,34H,2-5,8-11,13-14,16-17H2,1H3,(H,30,35)(H,29,31,32)/t18-,19-. The molecule has 0 unspecified atom stereocenters. The minimum Gasteiger partial charge on any atom is -0.392 e. The molecule has 5 rings (SSSR count). The van der Waals surface area contributed by atoms with Crippen LogP contribution in [-0.2, 0) is 13.2 Å². The Morgan fingerprint density at radius 1 is 1.23 bits per heavy atom. The van der Waals surface area contributed by atoms with Crippen molar-refractivity contribution in [3.8, 4) is 0 Å². The smallest absolute Gasteiger partial charge is 0.256 e. The van der Waals surface area contributed by atoms with E-state index in [1.165, 1.54) is 44.9 Å². The predicted molar refractivity (Wildman–Crippen MR) is 139 cm³/mol. The second-order valence-electron chi connectivity index (χ2n) is 10.9. The second-order valence-corrected chi connectivity index (χ2v) is 11.3. The molecule has 188 valence electrons. The van der Waals surface area contributed by atoms with Crippen molar-refractivity contribution < 1.29 is 9.90 Å². The highest BCUT2D eigenvalue weighted by atomic mass is 35.5. The SMILES string of the molecule is C[C@H]1CC[C@H](CNC(=O)c2cnc(N3CCC4(CC4)C3)nc2NCc2ccc(CO)c(Cl)c2)CC1. The van der Waals surface area contributed by atoms with Gasteiger partial charge in [-0.1, -0.05) is 43.5 Å². The number of carbonyl (C=O) groups is 1. The Morgan fingerprint density at radius 2 is 2.03 bits per heavy atom. The number of aliphatic hydroxyl groups excluding tert-OH is 1. The fraction of sp³-hybridized carbons (Fsp3) is 0.593. The summed E-state index contributed by atoms with van der Waals surface area (Å²) in [6.07, 6.45) is 10.3. The largest absolute Gasteiger partial charge is 0.392 e. The number of hydrogen-bond acceptors (Lipinski definition) is 6. The molecule has 2 heterocycles. The zero-order valence-corrected chi connectivity index (χ0v) is 21.3. The van der Waals surface area contributed by atoms with Crippen LogP contribution in [0.4, 0.5) is 11.8 Å². The van der Waals surface area contributed by atoms with E-state index in [4.69, 9.17) is 16.6 Å². The maximum absolute atomic E-state index is 13.2. The monoisotopic (exact) mass is 497 g/mol. The Morgan fingerprint density at radius 3 is 2.71 bits per heavy atom. The number of anilines is 2. The Bertz CT molecular complexity index is 1070. The lowest BCUT2D eigenvalue weighted by Gasteiger charge is -2.26. The van der Waals surface area contributed by atoms with E-state index in [0.29, 0.717) is 52.3 Å². The fourth-order valence-corrected chi connectivity index (χ4v) is 5.66. The maximum atomic E-state index is 13.2. The number of aromatic nitrogens is 2. The van der Waals surface area contributed by atoms with E-state index < -0.39 is 0 Å². The van der Waals surface area contributed by atoms with Crippen molar-refractivity contribution in [3.63, 3.8) is 0 Å². The van der Waals surface area contributed by atoms with Crippen LogP contribution in [0.5, 0.6) is 0 Å². The van der Waals surface area contributed by atoms with Gasteiger partial charge in [0.2, 0.25) is 5.95 Å². The zero-order valence-electron chi connectivity index (χ0n) is 20.5. The summed E-state index contributed by atoms with van der Waals surface area (Å²) in [6.45, 7) is 5.33.